The molecule has 0 fully saturated rings. The molecule has 5 heteroatoms. The highest BCUT2D eigenvalue weighted by Crippen LogP contribution is 2.06. The van der Waals surface area contributed by atoms with E-state index in [2.05, 4.69) is 5.73 Å². The van der Waals surface area contributed by atoms with E-state index >= 15 is 0 Å². The molecule has 0 spiro atoms. The van der Waals surface area contributed by atoms with E-state index in [0.29, 0.717) is 6.42 Å². The number of hydrogen-bond donors (Lipinski definition) is 1. The first-order valence-electron chi connectivity index (χ1n) is 4.05. The number of para-hydroxylation sites is 1. The van der Waals surface area contributed by atoms with Gasteiger partial charge in [0.1, 0.15) is 0 Å². The molecule has 1 rings (SSSR count). The van der Waals surface area contributed by atoms with Crippen LogP contribution in [0.5, 0.6) is 0 Å². The molecule has 5 nitrogen and oxygen atoms in total. The van der Waals surface area contributed by atoms with Crippen molar-refractivity contribution < 1.29 is 9.72 Å². The summed E-state index contributed by atoms with van der Waals surface area (Å²) < 4.78 is 0. The van der Waals surface area contributed by atoms with Crippen molar-refractivity contribution in [3.05, 3.63) is 40.4 Å². The lowest BCUT2D eigenvalue weighted by Gasteiger charge is -1.85. The molecule has 0 saturated heterocycles. The van der Waals surface area contributed by atoms with Gasteiger partial charge in [-0.25, -0.2) is 0 Å². The number of rotatable bonds is 2. The van der Waals surface area contributed by atoms with Gasteiger partial charge in [-0.1, -0.05) is 25.1 Å². The molecule has 2 N–H and O–H groups in total. The van der Waals surface area contributed by atoms with E-state index in [1.54, 1.807) is 25.1 Å². The van der Waals surface area contributed by atoms with E-state index in [1.165, 1.54) is 12.1 Å². The number of nitrogens with zero attached hydrogens (tertiary/aromatic N) is 1. The number of hydrogen-bond acceptors (Lipinski definition) is 3. The molecule has 0 aliphatic rings. The van der Waals surface area contributed by atoms with E-state index in [-0.39, 0.29) is 11.6 Å². The van der Waals surface area contributed by atoms with Crippen LogP contribution >= 0.6 is 0 Å². The minimum Gasteiger partial charge on any atom is -0.370 e. The van der Waals surface area contributed by atoms with Gasteiger partial charge in [-0.05, 0) is 0 Å². The van der Waals surface area contributed by atoms with E-state index in [9.17, 15) is 14.9 Å². The Bertz CT molecular complexity index is 298. The normalized spacial score (nSPS) is 8.36. The number of nitro benzene ring substituents is 1. The van der Waals surface area contributed by atoms with Gasteiger partial charge in [0.25, 0.3) is 5.69 Å². The van der Waals surface area contributed by atoms with Crippen molar-refractivity contribution in [1.29, 1.82) is 0 Å². The number of amides is 1. The second-order valence-corrected chi connectivity index (χ2v) is 2.41. The summed E-state index contributed by atoms with van der Waals surface area (Å²) in [4.78, 5) is 19.2. The van der Waals surface area contributed by atoms with Crippen molar-refractivity contribution in [1.82, 2.24) is 0 Å². The molecule has 1 aromatic rings. The van der Waals surface area contributed by atoms with Crippen LogP contribution in [0.1, 0.15) is 13.3 Å². The van der Waals surface area contributed by atoms with Crippen molar-refractivity contribution in [3.63, 3.8) is 0 Å². The van der Waals surface area contributed by atoms with Crippen LogP contribution in [0, 0.1) is 10.1 Å². The molecular formula is C9H12N2O3. The van der Waals surface area contributed by atoms with Crippen LogP contribution in [-0.4, -0.2) is 10.8 Å². The molecule has 76 valence electrons. The number of nitro groups is 1. The Morgan fingerprint density at radius 2 is 1.86 bits per heavy atom. The van der Waals surface area contributed by atoms with Crippen LogP contribution in [-0.2, 0) is 4.79 Å². The summed E-state index contributed by atoms with van der Waals surface area (Å²) >= 11 is 0. The van der Waals surface area contributed by atoms with Crippen LogP contribution < -0.4 is 5.73 Å². The zero-order valence-electron chi connectivity index (χ0n) is 7.84. The highest BCUT2D eigenvalue weighted by Gasteiger charge is 1.98. The number of carbonyl (C=O) groups is 1. The van der Waals surface area contributed by atoms with Crippen molar-refractivity contribution >= 4 is 11.6 Å². The van der Waals surface area contributed by atoms with Gasteiger partial charge in [0.2, 0.25) is 5.91 Å². The fourth-order valence-electron chi connectivity index (χ4n) is 0.550. The smallest absolute Gasteiger partial charge is 0.269 e. The third-order valence-electron chi connectivity index (χ3n) is 1.32. The predicted molar refractivity (Wildman–Crippen MR) is 52.6 cm³/mol. The van der Waals surface area contributed by atoms with Crippen molar-refractivity contribution in [3.8, 4) is 0 Å². The largest absolute Gasteiger partial charge is 0.370 e. The van der Waals surface area contributed by atoms with Crippen LogP contribution in [0.3, 0.4) is 0 Å². The van der Waals surface area contributed by atoms with Crippen molar-refractivity contribution in [2.75, 3.05) is 0 Å². The van der Waals surface area contributed by atoms with Gasteiger partial charge in [-0.15, -0.1) is 0 Å². The van der Waals surface area contributed by atoms with Crippen LogP contribution in [0.15, 0.2) is 30.3 Å². The predicted octanol–water partition coefficient (Wildman–Crippen LogP) is 1.48. The summed E-state index contributed by atoms with van der Waals surface area (Å²) in [7, 11) is 0. The number of carbonyl (C=O) groups excluding carboxylic acids is 1. The maximum absolute atomic E-state index is 10.0. The molecular weight excluding hydrogens is 184 g/mol. The fourth-order valence-corrected chi connectivity index (χ4v) is 0.550. The second-order valence-electron chi connectivity index (χ2n) is 2.41. The zero-order valence-corrected chi connectivity index (χ0v) is 7.84. The lowest BCUT2D eigenvalue weighted by molar-refractivity contribution is -0.384. The molecule has 14 heavy (non-hydrogen) atoms. The van der Waals surface area contributed by atoms with Crippen LogP contribution in [0.25, 0.3) is 0 Å². The molecule has 0 atom stereocenters. The van der Waals surface area contributed by atoms with Gasteiger partial charge in [0.05, 0.1) is 4.92 Å². The summed E-state index contributed by atoms with van der Waals surface area (Å²) in [5.74, 6) is -0.245. The Morgan fingerprint density at radius 1 is 1.43 bits per heavy atom. The molecule has 0 aromatic heterocycles. The van der Waals surface area contributed by atoms with Gasteiger partial charge >= 0.3 is 0 Å². The number of non-ortho nitro benzene ring substituents is 1. The van der Waals surface area contributed by atoms with Gasteiger partial charge in [-0.2, -0.15) is 0 Å². The monoisotopic (exact) mass is 196 g/mol. The lowest BCUT2D eigenvalue weighted by Crippen LogP contribution is -2.06. The van der Waals surface area contributed by atoms with Crippen molar-refractivity contribution in [2.24, 2.45) is 5.73 Å². The third-order valence-corrected chi connectivity index (χ3v) is 1.32. The molecule has 0 radical (unpaired) electrons. The molecule has 0 bridgehead atoms. The topological polar surface area (TPSA) is 86.2 Å². The molecule has 0 unspecified atom stereocenters. The van der Waals surface area contributed by atoms with Gasteiger partial charge in [0, 0.05) is 18.6 Å². The first-order valence-corrected chi connectivity index (χ1v) is 4.05. The molecule has 1 aromatic carbocycles. The van der Waals surface area contributed by atoms with E-state index in [0.717, 1.165) is 0 Å². The SMILES string of the molecule is CCC(N)=O.O=[N+]([O-])c1ccccc1. The van der Waals surface area contributed by atoms with Gasteiger partial charge in [0.15, 0.2) is 0 Å². The average molecular weight is 196 g/mol. The summed E-state index contributed by atoms with van der Waals surface area (Å²) in [6.45, 7) is 1.72. The summed E-state index contributed by atoms with van der Waals surface area (Å²) in [6.07, 6.45) is 0.444. The Hall–Kier alpha value is -1.91. The fraction of sp³-hybridized carbons (Fsp3) is 0.222. The molecule has 1 amide bonds. The lowest BCUT2D eigenvalue weighted by atomic mass is 10.3. The molecule has 0 heterocycles. The highest BCUT2D eigenvalue weighted by molar-refractivity contribution is 5.73. The molecule has 0 aliphatic carbocycles. The first kappa shape index (κ1) is 12.1. The van der Waals surface area contributed by atoms with Crippen LogP contribution in [0.2, 0.25) is 0 Å². The maximum atomic E-state index is 10.0. The van der Waals surface area contributed by atoms with Crippen molar-refractivity contribution in [2.45, 2.75) is 13.3 Å². The molecule has 0 saturated carbocycles. The minimum atomic E-state index is -0.417. The zero-order chi connectivity index (χ0) is 11.0. The summed E-state index contributed by atoms with van der Waals surface area (Å²) in [5.41, 5.74) is 4.79. The summed E-state index contributed by atoms with van der Waals surface area (Å²) in [6, 6.07) is 7.93. The number of primary amides is 1. The van der Waals surface area contributed by atoms with E-state index in [1.807, 2.05) is 0 Å². The third kappa shape index (κ3) is 5.70. The van der Waals surface area contributed by atoms with Gasteiger partial charge in [-0.3, -0.25) is 14.9 Å². The van der Waals surface area contributed by atoms with E-state index in [4.69, 9.17) is 0 Å². The van der Waals surface area contributed by atoms with Crippen LogP contribution in [0.4, 0.5) is 5.69 Å². The molecule has 0 aliphatic heterocycles. The quantitative estimate of drug-likeness (QED) is 0.574. The maximum Gasteiger partial charge on any atom is 0.269 e. The minimum absolute atomic E-state index is 0.137. The Labute approximate surface area is 81.7 Å². The Balaban J connectivity index is 0.000000292. The summed E-state index contributed by atoms with van der Waals surface area (Å²) in [5, 5.41) is 10.0. The average Bonchev–Trinajstić information content (AvgIpc) is 2.20. The van der Waals surface area contributed by atoms with Gasteiger partial charge < -0.3 is 5.73 Å². The first-order chi connectivity index (χ1) is 6.57. The number of benzene rings is 1. The Morgan fingerprint density at radius 3 is 2.07 bits per heavy atom. The highest BCUT2D eigenvalue weighted by atomic mass is 16.6. The Kier molecular flexibility index (Phi) is 5.69. The number of nitrogens with two attached hydrogens (primary N) is 1. The second kappa shape index (κ2) is 6.59. The standard InChI is InChI=1S/C6H5NO2.C3H7NO/c8-7(9)6-4-2-1-3-5-6;1-2-3(4)5/h1-5H;2H2,1H3,(H2,4,5). The van der Waals surface area contributed by atoms with E-state index < -0.39 is 4.92 Å².